The second-order valence-electron chi connectivity index (χ2n) is 5.85. The minimum Gasteiger partial charge on any atom is -0.0654 e. The summed E-state index contributed by atoms with van der Waals surface area (Å²) in [5, 5.41) is 4.30. The Hall–Kier alpha value is -0.870. The van der Waals surface area contributed by atoms with Crippen molar-refractivity contribution in [2.24, 2.45) is 0 Å². The van der Waals surface area contributed by atoms with Crippen molar-refractivity contribution in [3.8, 4) is 0 Å². The van der Waals surface area contributed by atoms with Crippen molar-refractivity contribution in [2.45, 2.75) is 58.3 Å². The molecule has 0 spiro atoms. The SMILES string of the molecule is CCCCCCCCCC[P]c1cccc2ccccc12. The lowest BCUT2D eigenvalue weighted by Crippen LogP contribution is -1.97. The third-order valence-corrected chi connectivity index (χ3v) is 5.33. The maximum absolute atomic E-state index is 2.29. The van der Waals surface area contributed by atoms with Crippen LogP contribution in [0.25, 0.3) is 10.8 Å². The molecular weight excluding hydrogens is 271 g/mol. The molecule has 0 aliphatic carbocycles. The number of hydrogen-bond donors (Lipinski definition) is 0. The molecule has 2 rings (SSSR count). The number of benzene rings is 2. The van der Waals surface area contributed by atoms with Crippen molar-refractivity contribution in [1.82, 2.24) is 0 Å². The third kappa shape index (κ3) is 5.79. The minimum atomic E-state index is 1.31. The van der Waals surface area contributed by atoms with Gasteiger partial charge >= 0.3 is 0 Å². The average molecular weight is 299 g/mol. The van der Waals surface area contributed by atoms with E-state index in [-0.39, 0.29) is 0 Å². The van der Waals surface area contributed by atoms with Gasteiger partial charge in [0.05, 0.1) is 0 Å². The monoisotopic (exact) mass is 299 g/mol. The highest BCUT2D eigenvalue weighted by molar-refractivity contribution is 7.47. The Kier molecular flexibility index (Phi) is 7.82. The Balaban J connectivity index is 1.64. The number of hydrogen-bond acceptors (Lipinski definition) is 0. The fourth-order valence-corrected chi connectivity index (χ4v) is 3.98. The molecule has 0 heterocycles. The summed E-state index contributed by atoms with van der Waals surface area (Å²) >= 11 is 0. The van der Waals surface area contributed by atoms with E-state index in [4.69, 9.17) is 0 Å². The topological polar surface area (TPSA) is 0 Å². The molecule has 0 saturated carbocycles. The van der Waals surface area contributed by atoms with Crippen LogP contribution in [0.2, 0.25) is 0 Å². The summed E-state index contributed by atoms with van der Waals surface area (Å²) in [5.41, 5.74) is 0. The Morgan fingerprint density at radius 3 is 2.19 bits per heavy atom. The second kappa shape index (κ2) is 9.96. The highest BCUT2D eigenvalue weighted by Gasteiger charge is 2.00. The van der Waals surface area contributed by atoms with Crippen LogP contribution in [0, 0.1) is 0 Å². The summed E-state index contributed by atoms with van der Waals surface area (Å²) in [6.07, 6.45) is 12.6. The number of unbranched alkanes of at least 4 members (excludes halogenated alkanes) is 7. The summed E-state index contributed by atoms with van der Waals surface area (Å²) in [5.74, 6) is 0. The minimum absolute atomic E-state index is 1.31. The van der Waals surface area contributed by atoms with Crippen molar-refractivity contribution in [1.29, 1.82) is 0 Å². The van der Waals surface area contributed by atoms with Crippen LogP contribution in [0.4, 0.5) is 0 Å². The molecule has 1 radical (unpaired) electrons. The van der Waals surface area contributed by atoms with Gasteiger partial charge in [-0.15, -0.1) is 0 Å². The Morgan fingerprint density at radius 2 is 1.38 bits per heavy atom. The van der Waals surface area contributed by atoms with Gasteiger partial charge in [0.2, 0.25) is 0 Å². The van der Waals surface area contributed by atoms with E-state index >= 15 is 0 Å². The van der Waals surface area contributed by atoms with Crippen LogP contribution in [-0.2, 0) is 0 Å². The molecule has 0 amide bonds. The van der Waals surface area contributed by atoms with Crippen LogP contribution in [0.3, 0.4) is 0 Å². The lowest BCUT2D eigenvalue weighted by Gasteiger charge is -2.06. The molecule has 0 N–H and O–H groups in total. The average Bonchev–Trinajstić information content (AvgIpc) is 2.53. The van der Waals surface area contributed by atoms with Crippen LogP contribution in [0.1, 0.15) is 58.3 Å². The number of rotatable bonds is 10. The summed E-state index contributed by atoms with van der Waals surface area (Å²) in [6, 6.07) is 15.4. The first-order valence-corrected chi connectivity index (χ1v) is 9.65. The van der Waals surface area contributed by atoms with Gasteiger partial charge in [-0.25, -0.2) is 0 Å². The quantitative estimate of drug-likeness (QED) is 0.344. The fraction of sp³-hybridized carbons (Fsp3) is 0.500. The molecule has 21 heavy (non-hydrogen) atoms. The van der Waals surface area contributed by atoms with E-state index in [1.165, 1.54) is 82.2 Å². The molecule has 0 aliphatic heterocycles. The third-order valence-electron chi connectivity index (χ3n) is 4.06. The maximum atomic E-state index is 2.29. The summed E-state index contributed by atoms with van der Waals surface area (Å²) in [6.45, 7) is 2.28. The highest BCUT2D eigenvalue weighted by atomic mass is 31.1. The summed E-state index contributed by atoms with van der Waals surface area (Å²) in [4.78, 5) is 0. The molecular formula is C20H28P. The fourth-order valence-electron chi connectivity index (χ4n) is 2.79. The van der Waals surface area contributed by atoms with Gasteiger partial charge in [-0.2, -0.15) is 0 Å². The standard InChI is InChI=1S/C20H28P/c1-2-3-4-5-6-7-8-11-17-21-20-16-12-14-18-13-9-10-15-19(18)20/h9-10,12-16H,2-8,11,17H2,1H3. The lowest BCUT2D eigenvalue weighted by atomic mass is 10.1. The normalized spacial score (nSPS) is 11.7. The first kappa shape index (κ1) is 16.5. The molecule has 0 saturated heterocycles. The summed E-state index contributed by atoms with van der Waals surface area (Å²) in [7, 11) is 1.50. The van der Waals surface area contributed by atoms with E-state index in [1.807, 2.05) is 0 Å². The van der Waals surface area contributed by atoms with E-state index in [1.54, 1.807) is 0 Å². The largest absolute Gasteiger partial charge is 0.0654 e. The zero-order chi connectivity index (χ0) is 14.8. The molecule has 0 fully saturated rings. The number of fused-ring (bicyclic) bond motifs is 1. The predicted octanol–water partition coefficient (Wildman–Crippen LogP) is 6.55. The van der Waals surface area contributed by atoms with Gasteiger partial charge in [-0.05, 0) is 37.2 Å². The molecule has 113 valence electrons. The Morgan fingerprint density at radius 1 is 0.714 bits per heavy atom. The maximum Gasteiger partial charge on any atom is -0.0103 e. The first-order chi connectivity index (χ1) is 10.4. The van der Waals surface area contributed by atoms with Gasteiger partial charge in [0.15, 0.2) is 0 Å². The molecule has 2 aromatic carbocycles. The summed E-state index contributed by atoms with van der Waals surface area (Å²) < 4.78 is 0. The Labute approximate surface area is 132 Å². The first-order valence-electron chi connectivity index (χ1n) is 8.57. The lowest BCUT2D eigenvalue weighted by molar-refractivity contribution is 0.586. The molecule has 0 nitrogen and oxygen atoms in total. The molecule has 0 unspecified atom stereocenters. The molecule has 1 heteroatoms. The van der Waals surface area contributed by atoms with Gasteiger partial charge in [-0.3, -0.25) is 0 Å². The van der Waals surface area contributed by atoms with Gasteiger partial charge in [0.1, 0.15) is 0 Å². The van der Waals surface area contributed by atoms with Crippen molar-refractivity contribution >= 4 is 24.7 Å². The van der Waals surface area contributed by atoms with E-state index in [0.717, 1.165) is 0 Å². The van der Waals surface area contributed by atoms with E-state index in [2.05, 4.69) is 49.4 Å². The van der Waals surface area contributed by atoms with Crippen molar-refractivity contribution in [3.05, 3.63) is 42.5 Å². The predicted molar refractivity (Wildman–Crippen MR) is 98.0 cm³/mol. The van der Waals surface area contributed by atoms with E-state index < -0.39 is 0 Å². The smallest absolute Gasteiger partial charge is 0.0103 e. The van der Waals surface area contributed by atoms with E-state index in [0.29, 0.717) is 0 Å². The zero-order valence-corrected chi connectivity index (χ0v) is 14.2. The molecule has 0 aliphatic rings. The second-order valence-corrected chi connectivity index (χ2v) is 7.10. The van der Waals surface area contributed by atoms with Crippen molar-refractivity contribution in [2.75, 3.05) is 6.16 Å². The molecule has 0 atom stereocenters. The van der Waals surface area contributed by atoms with Crippen LogP contribution in [0.15, 0.2) is 42.5 Å². The van der Waals surface area contributed by atoms with Crippen LogP contribution in [-0.4, -0.2) is 6.16 Å². The van der Waals surface area contributed by atoms with Crippen molar-refractivity contribution < 1.29 is 0 Å². The molecule has 0 bridgehead atoms. The van der Waals surface area contributed by atoms with Crippen LogP contribution < -0.4 is 5.30 Å². The van der Waals surface area contributed by atoms with Crippen LogP contribution >= 0.6 is 8.58 Å². The van der Waals surface area contributed by atoms with Crippen LogP contribution in [0.5, 0.6) is 0 Å². The van der Waals surface area contributed by atoms with Gasteiger partial charge in [0, 0.05) is 0 Å². The molecule has 0 aromatic heterocycles. The van der Waals surface area contributed by atoms with Gasteiger partial charge < -0.3 is 0 Å². The Bertz CT molecular complexity index is 513. The van der Waals surface area contributed by atoms with Gasteiger partial charge in [-0.1, -0.05) is 94.3 Å². The van der Waals surface area contributed by atoms with E-state index in [9.17, 15) is 0 Å². The van der Waals surface area contributed by atoms with Gasteiger partial charge in [0.25, 0.3) is 0 Å². The molecule has 2 aromatic rings. The van der Waals surface area contributed by atoms with Crippen molar-refractivity contribution in [3.63, 3.8) is 0 Å². The zero-order valence-electron chi connectivity index (χ0n) is 13.4. The highest BCUT2D eigenvalue weighted by Crippen LogP contribution is 2.21.